The molecule has 0 saturated heterocycles. The number of carbonyl (C=O) groups is 2. The maximum atomic E-state index is 12.2. The van der Waals surface area contributed by atoms with E-state index < -0.39 is 12.0 Å². The Morgan fingerprint density at radius 1 is 1.52 bits per heavy atom. The van der Waals surface area contributed by atoms with E-state index in [4.69, 9.17) is 9.84 Å². The SMILES string of the molecule is C=CCOCC(NC(=O)C1Cc2ccccc2S1)C(=O)O. The Labute approximate surface area is 127 Å². The van der Waals surface area contributed by atoms with Gasteiger partial charge in [0.15, 0.2) is 6.04 Å². The van der Waals surface area contributed by atoms with Gasteiger partial charge in [0, 0.05) is 4.90 Å². The summed E-state index contributed by atoms with van der Waals surface area (Å²) in [5.74, 6) is -1.38. The highest BCUT2D eigenvalue weighted by Crippen LogP contribution is 2.36. The third-order valence-corrected chi connectivity index (χ3v) is 4.39. The van der Waals surface area contributed by atoms with Crippen molar-refractivity contribution in [1.29, 1.82) is 0 Å². The molecule has 2 atom stereocenters. The predicted molar refractivity (Wildman–Crippen MR) is 80.4 cm³/mol. The Morgan fingerprint density at radius 3 is 2.95 bits per heavy atom. The summed E-state index contributed by atoms with van der Waals surface area (Å²) < 4.78 is 5.11. The van der Waals surface area contributed by atoms with E-state index in [-0.39, 0.29) is 24.4 Å². The molecule has 0 spiro atoms. The molecule has 0 radical (unpaired) electrons. The molecule has 1 aliphatic heterocycles. The highest BCUT2D eigenvalue weighted by atomic mass is 32.2. The molecule has 2 rings (SSSR count). The minimum absolute atomic E-state index is 0.0720. The van der Waals surface area contributed by atoms with Crippen molar-refractivity contribution in [3.63, 3.8) is 0 Å². The lowest BCUT2D eigenvalue weighted by atomic mass is 10.1. The van der Waals surface area contributed by atoms with Crippen molar-refractivity contribution in [1.82, 2.24) is 5.32 Å². The number of rotatable bonds is 7. The van der Waals surface area contributed by atoms with Crippen LogP contribution in [0.2, 0.25) is 0 Å². The van der Waals surface area contributed by atoms with Crippen LogP contribution < -0.4 is 5.32 Å². The van der Waals surface area contributed by atoms with E-state index in [1.54, 1.807) is 0 Å². The van der Waals surface area contributed by atoms with Crippen molar-refractivity contribution in [3.8, 4) is 0 Å². The lowest BCUT2D eigenvalue weighted by Crippen LogP contribution is -2.47. The van der Waals surface area contributed by atoms with Crippen LogP contribution in [-0.2, 0) is 20.7 Å². The molecule has 0 saturated carbocycles. The van der Waals surface area contributed by atoms with E-state index >= 15 is 0 Å². The van der Waals surface area contributed by atoms with Gasteiger partial charge in [-0.25, -0.2) is 4.79 Å². The van der Waals surface area contributed by atoms with Crippen LogP contribution in [0.1, 0.15) is 5.56 Å². The number of carbonyl (C=O) groups excluding carboxylic acids is 1. The molecule has 0 fully saturated rings. The van der Waals surface area contributed by atoms with E-state index in [1.165, 1.54) is 17.8 Å². The number of fused-ring (bicyclic) bond motifs is 1. The molecule has 0 aliphatic carbocycles. The summed E-state index contributed by atoms with van der Waals surface area (Å²) in [6.07, 6.45) is 2.15. The summed E-state index contributed by atoms with van der Waals surface area (Å²) in [5.41, 5.74) is 1.12. The van der Waals surface area contributed by atoms with Crippen LogP contribution in [0.3, 0.4) is 0 Å². The Kier molecular flexibility index (Phi) is 5.41. The Hall–Kier alpha value is -1.79. The molecule has 1 aromatic rings. The summed E-state index contributed by atoms with van der Waals surface area (Å²) in [4.78, 5) is 24.4. The minimum Gasteiger partial charge on any atom is -0.480 e. The number of benzene rings is 1. The number of nitrogens with one attached hydrogen (secondary N) is 1. The third-order valence-electron chi connectivity index (χ3n) is 3.07. The smallest absolute Gasteiger partial charge is 0.328 e. The number of carboxylic acids is 1. The van der Waals surface area contributed by atoms with E-state index in [0.29, 0.717) is 6.42 Å². The van der Waals surface area contributed by atoms with E-state index in [9.17, 15) is 9.59 Å². The molecule has 6 heteroatoms. The fourth-order valence-electron chi connectivity index (χ4n) is 2.04. The quantitative estimate of drug-likeness (QED) is 0.589. The molecule has 21 heavy (non-hydrogen) atoms. The van der Waals surface area contributed by atoms with Gasteiger partial charge in [-0.15, -0.1) is 18.3 Å². The molecule has 2 N–H and O–H groups in total. The largest absolute Gasteiger partial charge is 0.480 e. The average Bonchev–Trinajstić information content (AvgIpc) is 2.90. The maximum absolute atomic E-state index is 12.2. The summed E-state index contributed by atoms with van der Waals surface area (Å²) >= 11 is 1.46. The molecule has 5 nitrogen and oxygen atoms in total. The first kappa shape index (κ1) is 15.6. The summed E-state index contributed by atoms with van der Waals surface area (Å²) in [6, 6.07) is 6.77. The number of aliphatic carboxylic acids is 1. The monoisotopic (exact) mass is 307 g/mol. The second-order valence-electron chi connectivity index (χ2n) is 4.64. The fraction of sp³-hybridized carbons (Fsp3) is 0.333. The molecule has 1 amide bonds. The van der Waals surface area contributed by atoms with Crippen LogP contribution in [0, 0.1) is 0 Å². The fourth-order valence-corrected chi connectivity index (χ4v) is 3.24. The molecule has 0 aromatic heterocycles. The summed E-state index contributed by atoms with van der Waals surface area (Å²) in [6.45, 7) is 3.67. The number of carboxylic acid groups (broad SMARTS) is 1. The van der Waals surface area contributed by atoms with E-state index in [1.807, 2.05) is 24.3 Å². The molecular formula is C15H17NO4S. The van der Waals surface area contributed by atoms with Crippen LogP contribution in [0.5, 0.6) is 0 Å². The zero-order chi connectivity index (χ0) is 15.2. The maximum Gasteiger partial charge on any atom is 0.328 e. The topological polar surface area (TPSA) is 75.6 Å². The molecular weight excluding hydrogens is 290 g/mol. The van der Waals surface area contributed by atoms with Crippen molar-refractivity contribution >= 4 is 23.6 Å². The van der Waals surface area contributed by atoms with Gasteiger partial charge in [0.25, 0.3) is 0 Å². The molecule has 1 aliphatic rings. The third kappa shape index (κ3) is 4.09. The average molecular weight is 307 g/mol. The van der Waals surface area contributed by atoms with Gasteiger partial charge in [0.05, 0.1) is 18.5 Å². The van der Waals surface area contributed by atoms with E-state index in [0.717, 1.165) is 10.5 Å². The van der Waals surface area contributed by atoms with Crippen LogP contribution in [0.15, 0.2) is 41.8 Å². The highest BCUT2D eigenvalue weighted by molar-refractivity contribution is 8.01. The first-order valence-corrected chi connectivity index (χ1v) is 7.46. The number of hydrogen-bond acceptors (Lipinski definition) is 4. The summed E-state index contributed by atoms with van der Waals surface area (Å²) in [5, 5.41) is 11.4. The molecule has 1 aromatic carbocycles. The van der Waals surface area contributed by atoms with Gasteiger partial charge in [0.1, 0.15) is 0 Å². The number of ether oxygens (including phenoxy) is 1. The highest BCUT2D eigenvalue weighted by Gasteiger charge is 2.30. The minimum atomic E-state index is -1.10. The van der Waals surface area contributed by atoms with Gasteiger partial charge in [-0.2, -0.15) is 0 Å². The summed E-state index contributed by atoms with van der Waals surface area (Å²) in [7, 11) is 0. The second-order valence-corrected chi connectivity index (χ2v) is 5.89. The van der Waals surface area contributed by atoms with Crippen molar-refractivity contribution in [2.45, 2.75) is 22.6 Å². The first-order chi connectivity index (χ1) is 10.1. The molecule has 1 heterocycles. The first-order valence-electron chi connectivity index (χ1n) is 6.58. The van der Waals surface area contributed by atoms with Crippen LogP contribution in [0.4, 0.5) is 0 Å². The van der Waals surface area contributed by atoms with Crippen molar-refractivity contribution in [2.75, 3.05) is 13.2 Å². The van der Waals surface area contributed by atoms with Crippen molar-refractivity contribution in [2.24, 2.45) is 0 Å². The normalized spacial score (nSPS) is 17.8. The Morgan fingerprint density at radius 2 is 2.29 bits per heavy atom. The molecule has 112 valence electrons. The van der Waals surface area contributed by atoms with E-state index in [2.05, 4.69) is 11.9 Å². The van der Waals surface area contributed by atoms with Gasteiger partial charge < -0.3 is 15.2 Å². The molecule has 0 bridgehead atoms. The van der Waals surface area contributed by atoms with Crippen LogP contribution >= 0.6 is 11.8 Å². The van der Waals surface area contributed by atoms with Gasteiger partial charge in [-0.05, 0) is 18.1 Å². The number of thioether (sulfide) groups is 1. The zero-order valence-electron chi connectivity index (χ0n) is 11.5. The standard InChI is InChI=1S/C15H17NO4S/c1-2-7-20-9-11(15(18)19)16-14(17)13-8-10-5-3-4-6-12(10)21-13/h2-6,11,13H,1,7-9H2,(H,16,17)(H,18,19). The number of hydrogen-bond donors (Lipinski definition) is 2. The van der Waals surface area contributed by atoms with Crippen LogP contribution in [-0.4, -0.2) is 41.5 Å². The van der Waals surface area contributed by atoms with Crippen molar-refractivity contribution < 1.29 is 19.4 Å². The van der Waals surface area contributed by atoms with Gasteiger partial charge in [-0.1, -0.05) is 24.3 Å². The Bertz CT molecular complexity index is 521. The zero-order valence-corrected chi connectivity index (χ0v) is 12.3. The number of amides is 1. The lowest BCUT2D eigenvalue weighted by Gasteiger charge is -2.16. The lowest BCUT2D eigenvalue weighted by molar-refractivity contribution is -0.143. The molecule has 2 unspecified atom stereocenters. The van der Waals surface area contributed by atoms with Gasteiger partial charge in [-0.3, -0.25) is 4.79 Å². The Balaban J connectivity index is 1.91. The van der Waals surface area contributed by atoms with Crippen LogP contribution in [0.25, 0.3) is 0 Å². The van der Waals surface area contributed by atoms with Gasteiger partial charge in [0.2, 0.25) is 5.91 Å². The second kappa shape index (κ2) is 7.28. The van der Waals surface area contributed by atoms with Gasteiger partial charge >= 0.3 is 5.97 Å². The predicted octanol–water partition coefficient (Wildman–Crippen LogP) is 1.48. The van der Waals surface area contributed by atoms with Crippen molar-refractivity contribution in [3.05, 3.63) is 42.5 Å².